The van der Waals surface area contributed by atoms with Gasteiger partial charge in [-0.1, -0.05) is 13.8 Å². The smallest absolute Gasteiger partial charge is 0.328 e. The SMILES string of the molecule is CC(C)CC(NC(=O)C(N)CCC(=O)O)C(=O)NC(C(=O)NC(CO)C(=O)O)C(C)O. The number of nitrogens with two attached hydrogens (primary N) is 1. The maximum absolute atomic E-state index is 12.7. The molecule has 0 saturated carbocycles. The number of aliphatic hydroxyl groups excluding tert-OH is 2. The molecule has 3 amide bonds. The van der Waals surface area contributed by atoms with Crippen molar-refractivity contribution in [2.24, 2.45) is 11.7 Å². The second-order valence-corrected chi connectivity index (χ2v) is 7.54. The predicted octanol–water partition coefficient (Wildman–Crippen LogP) is -2.86. The van der Waals surface area contributed by atoms with Gasteiger partial charge in [-0.05, 0) is 25.7 Å². The van der Waals surface area contributed by atoms with Gasteiger partial charge in [-0.25, -0.2) is 4.79 Å². The third-order valence-corrected chi connectivity index (χ3v) is 4.21. The normalized spacial score (nSPS) is 15.8. The molecule has 0 aromatic rings. The molecule has 31 heavy (non-hydrogen) atoms. The van der Waals surface area contributed by atoms with E-state index < -0.39 is 66.5 Å². The Morgan fingerprint density at radius 1 is 0.871 bits per heavy atom. The quantitative estimate of drug-likeness (QED) is 0.135. The van der Waals surface area contributed by atoms with Gasteiger partial charge in [0.25, 0.3) is 0 Å². The van der Waals surface area contributed by atoms with E-state index in [4.69, 9.17) is 21.1 Å². The van der Waals surface area contributed by atoms with Gasteiger partial charge < -0.3 is 42.1 Å². The van der Waals surface area contributed by atoms with E-state index in [0.717, 1.165) is 0 Å². The van der Waals surface area contributed by atoms with E-state index in [9.17, 15) is 29.1 Å². The summed E-state index contributed by atoms with van der Waals surface area (Å²) in [5, 5.41) is 43.2. The Morgan fingerprint density at radius 2 is 1.42 bits per heavy atom. The average Bonchev–Trinajstić information content (AvgIpc) is 2.66. The van der Waals surface area contributed by atoms with Crippen LogP contribution in [0.2, 0.25) is 0 Å². The first-order valence-corrected chi connectivity index (χ1v) is 9.70. The van der Waals surface area contributed by atoms with Gasteiger partial charge in [0.15, 0.2) is 0 Å². The van der Waals surface area contributed by atoms with Crippen molar-refractivity contribution >= 4 is 29.7 Å². The number of hydrogen-bond donors (Lipinski definition) is 8. The molecule has 5 atom stereocenters. The van der Waals surface area contributed by atoms with Gasteiger partial charge in [0.2, 0.25) is 17.7 Å². The van der Waals surface area contributed by atoms with Crippen molar-refractivity contribution in [1.29, 1.82) is 0 Å². The van der Waals surface area contributed by atoms with E-state index in [1.165, 1.54) is 6.92 Å². The number of nitrogens with one attached hydrogen (secondary N) is 3. The zero-order valence-electron chi connectivity index (χ0n) is 17.7. The number of amides is 3. The summed E-state index contributed by atoms with van der Waals surface area (Å²) in [5.74, 6) is -5.34. The van der Waals surface area contributed by atoms with Gasteiger partial charge in [0.1, 0.15) is 18.1 Å². The third kappa shape index (κ3) is 10.7. The molecule has 0 aliphatic carbocycles. The number of rotatable bonds is 14. The van der Waals surface area contributed by atoms with Crippen molar-refractivity contribution in [1.82, 2.24) is 16.0 Å². The highest BCUT2D eigenvalue weighted by Crippen LogP contribution is 2.07. The molecule has 178 valence electrons. The number of carboxylic acid groups (broad SMARTS) is 2. The number of aliphatic carboxylic acids is 2. The van der Waals surface area contributed by atoms with Crippen LogP contribution in [-0.4, -0.2) is 87.0 Å². The summed E-state index contributed by atoms with van der Waals surface area (Å²) in [5.41, 5.74) is 5.65. The van der Waals surface area contributed by atoms with E-state index in [2.05, 4.69) is 10.6 Å². The Bertz CT molecular complexity index is 654. The first-order chi connectivity index (χ1) is 14.3. The van der Waals surface area contributed by atoms with Crippen LogP contribution in [0.3, 0.4) is 0 Å². The topological polar surface area (TPSA) is 228 Å². The monoisotopic (exact) mass is 448 g/mol. The highest BCUT2D eigenvalue weighted by molar-refractivity contribution is 5.94. The standard InChI is InChI=1S/C18H32N4O9/c1-8(2)6-11(20-15(27)10(19)4-5-13(25)26)16(28)22-14(9(3)24)17(29)21-12(7-23)18(30)31/h8-12,14,23-24H,4-7,19H2,1-3H3,(H,20,27)(H,21,29)(H,22,28)(H,25,26)(H,30,31). The van der Waals surface area contributed by atoms with E-state index in [0.29, 0.717) is 0 Å². The second kappa shape index (κ2) is 13.5. The van der Waals surface area contributed by atoms with Gasteiger partial charge in [0, 0.05) is 6.42 Å². The molecule has 0 aliphatic rings. The van der Waals surface area contributed by atoms with Gasteiger partial charge in [-0.3, -0.25) is 19.2 Å². The minimum Gasteiger partial charge on any atom is -0.481 e. The van der Waals surface area contributed by atoms with Gasteiger partial charge >= 0.3 is 11.9 Å². The van der Waals surface area contributed by atoms with Crippen LogP contribution in [-0.2, 0) is 24.0 Å². The first-order valence-electron chi connectivity index (χ1n) is 9.70. The number of hydrogen-bond acceptors (Lipinski definition) is 8. The summed E-state index contributed by atoms with van der Waals surface area (Å²) in [6.07, 6.45) is -1.76. The molecule has 9 N–H and O–H groups in total. The molecule has 0 fully saturated rings. The van der Waals surface area contributed by atoms with Crippen molar-refractivity contribution < 1.29 is 44.4 Å². The molecule has 0 aliphatic heterocycles. The van der Waals surface area contributed by atoms with Crippen LogP contribution in [0.1, 0.15) is 40.0 Å². The molecule has 13 nitrogen and oxygen atoms in total. The van der Waals surface area contributed by atoms with Crippen LogP contribution in [0.5, 0.6) is 0 Å². The highest BCUT2D eigenvalue weighted by Gasteiger charge is 2.32. The second-order valence-electron chi connectivity index (χ2n) is 7.54. The molecule has 0 rings (SSSR count). The molecule has 0 bridgehead atoms. The maximum Gasteiger partial charge on any atom is 0.328 e. The zero-order valence-corrected chi connectivity index (χ0v) is 17.7. The molecular weight excluding hydrogens is 416 g/mol. The van der Waals surface area contributed by atoms with Crippen molar-refractivity contribution in [2.75, 3.05) is 6.61 Å². The van der Waals surface area contributed by atoms with E-state index in [1.807, 2.05) is 5.32 Å². The Hall–Kier alpha value is -2.77. The first kappa shape index (κ1) is 28.2. The summed E-state index contributed by atoms with van der Waals surface area (Å²) >= 11 is 0. The largest absolute Gasteiger partial charge is 0.481 e. The van der Waals surface area contributed by atoms with Crippen molar-refractivity contribution in [2.45, 2.75) is 70.3 Å². The molecule has 0 heterocycles. The summed E-state index contributed by atoms with van der Waals surface area (Å²) in [6, 6.07) is -5.52. The average molecular weight is 448 g/mol. The maximum atomic E-state index is 12.7. The van der Waals surface area contributed by atoms with E-state index >= 15 is 0 Å². The molecule has 0 aromatic carbocycles. The van der Waals surface area contributed by atoms with Gasteiger partial charge in [-0.15, -0.1) is 0 Å². The minimum absolute atomic E-state index is 0.0732. The fourth-order valence-electron chi connectivity index (χ4n) is 2.50. The molecule has 0 radical (unpaired) electrons. The van der Waals surface area contributed by atoms with Crippen molar-refractivity contribution in [3.8, 4) is 0 Å². The fraction of sp³-hybridized carbons (Fsp3) is 0.722. The molecule has 13 heteroatoms. The summed E-state index contributed by atoms with van der Waals surface area (Å²) in [4.78, 5) is 58.8. The molecule has 0 saturated heterocycles. The lowest BCUT2D eigenvalue weighted by atomic mass is 10.0. The zero-order chi connectivity index (χ0) is 24.3. The summed E-state index contributed by atoms with van der Waals surface area (Å²) in [7, 11) is 0. The van der Waals surface area contributed by atoms with Crippen LogP contribution in [0.4, 0.5) is 0 Å². The number of carbonyl (C=O) groups is 5. The Morgan fingerprint density at radius 3 is 1.84 bits per heavy atom. The van der Waals surface area contributed by atoms with Crippen LogP contribution < -0.4 is 21.7 Å². The Kier molecular flexibility index (Phi) is 12.3. The minimum atomic E-state index is -1.64. The lowest BCUT2D eigenvalue weighted by molar-refractivity contribution is -0.144. The van der Waals surface area contributed by atoms with Crippen molar-refractivity contribution in [3.63, 3.8) is 0 Å². The van der Waals surface area contributed by atoms with E-state index in [1.54, 1.807) is 13.8 Å². The van der Waals surface area contributed by atoms with Crippen molar-refractivity contribution in [3.05, 3.63) is 0 Å². The molecule has 0 aromatic heterocycles. The van der Waals surface area contributed by atoms with Gasteiger partial charge in [-0.2, -0.15) is 0 Å². The number of aliphatic hydroxyl groups is 2. The fourth-order valence-corrected chi connectivity index (χ4v) is 2.50. The van der Waals surface area contributed by atoms with Gasteiger partial charge in [0.05, 0.1) is 18.8 Å². The van der Waals surface area contributed by atoms with Crippen LogP contribution in [0.25, 0.3) is 0 Å². The van der Waals surface area contributed by atoms with E-state index in [-0.39, 0.29) is 25.2 Å². The summed E-state index contributed by atoms with van der Waals surface area (Å²) < 4.78 is 0. The predicted molar refractivity (Wildman–Crippen MR) is 106 cm³/mol. The molecule has 0 spiro atoms. The Labute approximate surface area is 179 Å². The lowest BCUT2D eigenvalue weighted by Crippen LogP contribution is -2.60. The molecular formula is C18H32N4O9. The van der Waals surface area contributed by atoms with Crippen LogP contribution in [0, 0.1) is 5.92 Å². The van der Waals surface area contributed by atoms with Crippen LogP contribution >= 0.6 is 0 Å². The number of carboxylic acids is 2. The third-order valence-electron chi connectivity index (χ3n) is 4.21. The summed E-state index contributed by atoms with van der Waals surface area (Å²) in [6.45, 7) is 3.83. The Balaban J connectivity index is 5.31. The molecule has 5 unspecified atom stereocenters. The highest BCUT2D eigenvalue weighted by atomic mass is 16.4. The number of carbonyl (C=O) groups excluding carboxylic acids is 3. The van der Waals surface area contributed by atoms with Crippen LogP contribution in [0.15, 0.2) is 0 Å². The lowest BCUT2D eigenvalue weighted by Gasteiger charge is -2.27.